The Hall–Kier alpha value is -2.70. The summed E-state index contributed by atoms with van der Waals surface area (Å²) in [6, 6.07) is 7.14. The van der Waals surface area contributed by atoms with E-state index in [0.717, 1.165) is 25.8 Å². The van der Waals surface area contributed by atoms with Gasteiger partial charge in [-0.15, -0.1) is 0 Å². The monoisotopic (exact) mass is 398 g/mol. The first-order valence-electron chi connectivity index (χ1n) is 10.5. The van der Waals surface area contributed by atoms with E-state index in [-0.39, 0.29) is 35.9 Å². The number of benzene rings is 1. The van der Waals surface area contributed by atoms with Gasteiger partial charge < -0.3 is 14.8 Å². The summed E-state index contributed by atoms with van der Waals surface area (Å²) in [5, 5.41) is 0.538. The highest BCUT2D eigenvalue weighted by Gasteiger charge is 2.32. The minimum Gasteiger partial charge on any atom is -0.342 e. The van der Waals surface area contributed by atoms with Crippen LogP contribution >= 0.6 is 0 Å². The molecule has 0 saturated carbocycles. The highest BCUT2D eigenvalue weighted by Crippen LogP contribution is 2.22. The number of hydrogen-bond donors (Lipinski definition) is 1. The third kappa shape index (κ3) is 4.83. The number of hydrogen-bond acceptors (Lipinski definition) is 4. The van der Waals surface area contributed by atoms with Crippen LogP contribution in [0, 0.1) is 5.92 Å². The molecular formula is C22H30N4O3. The lowest BCUT2D eigenvalue weighted by molar-refractivity contribution is -0.142. The Labute approximate surface area is 171 Å². The summed E-state index contributed by atoms with van der Waals surface area (Å²) in [5.74, 6) is 0.413. The highest BCUT2D eigenvalue weighted by molar-refractivity contribution is 5.82. The number of aromatic nitrogens is 2. The van der Waals surface area contributed by atoms with Crippen LogP contribution in [0.5, 0.6) is 0 Å². The van der Waals surface area contributed by atoms with Gasteiger partial charge in [-0.25, -0.2) is 4.98 Å². The molecule has 1 aliphatic heterocycles. The van der Waals surface area contributed by atoms with E-state index in [1.165, 1.54) is 0 Å². The molecule has 1 aromatic heterocycles. The molecule has 1 N–H and O–H groups in total. The number of fused-ring (bicyclic) bond motifs is 1. The molecule has 0 radical (unpaired) electrons. The molecule has 2 heterocycles. The van der Waals surface area contributed by atoms with E-state index in [4.69, 9.17) is 0 Å². The van der Waals surface area contributed by atoms with Gasteiger partial charge in [0.15, 0.2) is 0 Å². The molecule has 3 rings (SSSR count). The third-order valence-corrected chi connectivity index (χ3v) is 5.48. The molecule has 1 aromatic carbocycles. The number of likely N-dealkylation sites (tertiary alicyclic amines) is 1. The number of carbonyl (C=O) groups is 2. The van der Waals surface area contributed by atoms with Gasteiger partial charge in [-0.05, 0) is 45.2 Å². The number of rotatable bonds is 6. The number of H-pyrrole nitrogens is 1. The maximum absolute atomic E-state index is 13.3. The van der Waals surface area contributed by atoms with Crippen LogP contribution in [-0.4, -0.2) is 50.7 Å². The maximum atomic E-state index is 13.3. The first-order chi connectivity index (χ1) is 13.9. The molecule has 29 heavy (non-hydrogen) atoms. The molecule has 1 aliphatic rings. The Morgan fingerprint density at radius 3 is 2.79 bits per heavy atom. The van der Waals surface area contributed by atoms with Crippen LogP contribution in [0.3, 0.4) is 0 Å². The Balaban J connectivity index is 1.78. The van der Waals surface area contributed by atoms with Gasteiger partial charge in [-0.1, -0.05) is 19.1 Å². The second-order valence-corrected chi connectivity index (χ2v) is 8.02. The van der Waals surface area contributed by atoms with Crippen LogP contribution in [0.15, 0.2) is 29.1 Å². The fourth-order valence-electron chi connectivity index (χ4n) is 3.90. The highest BCUT2D eigenvalue weighted by atomic mass is 16.2. The number of nitrogens with one attached hydrogen (secondary N) is 1. The lowest BCUT2D eigenvalue weighted by atomic mass is 9.95. The summed E-state index contributed by atoms with van der Waals surface area (Å²) in [6.07, 6.45) is 2.95. The van der Waals surface area contributed by atoms with Crippen LogP contribution in [0.2, 0.25) is 0 Å². The second kappa shape index (κ2) is 9.20. The zero-order chi connectivity index (χ0) is 21.0. The van der Waals surface area contributed by atoms with Gasteiger partial charge in [0, 0.05) is 25.6 Å². The Morgan fingerprint density at radius 1 is 1.31 bits per heavy atom. The van der Waals surface area contributed by atoms with Gasteiger partial charge in [0.1, 0.15) is 5.82 Å². The lowest BCUT2D eigenvalue weighted by Crippen LogP contribution is -2.48. The normalized spacial score (nSPS) is 17.0. The molecule has 7 heteroatoms. The van der Waals surface area contributed by atoms with Gasteiger partial charge in [-0.2, -0.15) is 0 Å². The van der Waals surface area contributed by atoms with E-state index in [9.17, 15) is 14.4 Å². The van der Waals surface area contributed by atoms with Gasteiger partial charge in [0.2, 0.25) is 11.8 Å². The zero-order valence-electron chi connectivity index (χ0n) is 17.5. The molecule has 0 spiro atoms. The first-order valence-corrected chi connectivity index (χ1v) is 10.5. The number of piperidine rings is 1. The standard InChI is InChI=1S/C22H30N4O3/c1-4-8-20(27)25-12-7-9-16(13-25)22(29)26(15(2)3)14-19-23-18-11-6-5-10-17(18)21(28)24-19/h5-6,10-11,15-16H,4,7-9,12-14H2,1-3H3,(H,23,24,28). The molecule has 156 valence electrons. The topological polar surface area (TPSA) is 86.4 Å². The van der Waals surface area contributed by atoms with Crippen molar-refractivity contribution in [2.75, 3.05) is 13.1 Å². The van der Waals surface area contributed by atoms with Crippen molar-refractivity contribution < 1.29 is 9.59 Å². The minimum atomic E-state index is -0.209. The minimum absolute atomic E-state index is 0.0183. The van der Waals surface area contributed by atoms with Crippen LogP contribution in [0.4, 0.5) is 0 Å². The van der Waals surface area contributed by atoms with Crippen molar-refractivity contribution in [2.24, 2.45) is 5.92 Å². The van der Waals surface area contributed by atoms with Crippen molar-refractivity contribution in [3.05, 3.63) is 40.4 Å². The molecule has 0 bridgehead atoms. The van der Waals surface area contributed by atoms with E-state index in [2.05, 4.69) is 9.97 Å². The first kappa shape index (κ1) is 21.0. The molecule has 1 unspecified atom stereocenters. The van der Waals surface area contributed by atoms with E-state index in [1.54, 1.807) is 23.1 Å². The quantitative estimate of drug-likeness (QED) is 0.811. The van der Waals surface area contributed by atoms with Crippen LogP contribution in [0.25, 0.3) is 10.9 Å². The number of para-hydroxylation sites is 1. The van der Waals surface area contributed by atoms with Crippen molar-refractivity contribution in [3.63, 3.8) is 0 Å². The molecule has 0 aliphatic carbocycles. The molecule has 1 atom stereocenters. The summed E-state index contributed by atoms with van der Waals surface area (Å²) in [5.41, 5.74) is 0.423. The number of nitrogens with zero attached hydrogens (tertiary/aromatic N) is 3. The average Bonchev–Trinajstić information content (AvgIpc) is 2.71. The van der Waals surface area contributed by atoms with E-state index in [1.807, 2.05) is 31.7 Å². The number of amides is 2. The largest absolute Gasteiger partial charge is 0.342 e. The molecule has 2 aromatic rings. The summed E-state index contributed by atoms with van der Waals surface area (Å²) in [7, 11) is 0. The van der Waals surface area contributed by atoms with Crippen molar-refractivity contribution in [3.8, 4) is 0 Å². The summed E-state index contributed by atoms with van der Waals surface area (Å²) in [4.78, 5) is 48.9. The van der Waals surface area contributed by atoms with Gasteiger partial charge in [0.25, 0.3) is 5.56 Å². The maximum Gasteiger partial charge on any atom is 0.258 e. The van der Waals surface area contributed by atoms with Crippen molar-refractivity contribution in [2.45, 2.75) is 59.0 Å². The fourth-order valence-corrected chi connectivity index (χ4v) is 3.90. The predicted molar refractivity (Wildman–Crippen MR) is 112 cm³/mol. The smallest absolute Gasteiger partial charge is 0.258 e. The molecular weight excluding hydrogens is 368 g/mol. The Bertz CT molecular complexity index is 937. The second-order valence-electron chi connectivity index (χ2n) is 8.02. The van der Waals surface area contributed by atoms with E-state index in [0.29, 0.717) is 29.7 Å². The Kier molecular flexibility index (Phi) is 6.67. The average molecular weight is 399 g/mol. The zero-order valence-corrected chi connectivity index (χ0v) is 17.5. The SMILES string of the molecule is CCCC(=O)N1CCCC(C(=O)N(Cc2nc3ccccc3c(=O)[nH]2)C(C)C)C1. The van der Waals surface area contributed by atoms with Crippen LogP contribution in [-0.2, 0) is 16.1 Å². The van der Waals surface area contributed by atoms with Crippen LogP contribution in [0.1, 0.15) is 52.3 Å². The van der Waals surface area contributed by atoms with Gasteiger partial charge in [0.05, 0.1) is 23.4 Å². The summed E-state index contributed by atoms with van der Waals surface area (Å²) < 4.78 is 0. The molecule has 1 saturated heterocycles. The van der Waals surface area contributed by atoms with E-state index >= 15 is 0 Å². The van der Waals surface area contributed by atoms with Gasteiger partial charge in [-0.3, -0.25) is 14.4 Å². The van der Waals surface area contributed by atoms with Crippen molar-refractivity contribution in [1.29, 1.82) is 0 Å². The third-order valence-electron chi connectivity index (χ3n) is 5.48. The fraction of sp³-hybridized carbons (Fsp3) is 0.545. The predicted octanol–water partition coefficient (Wildman–Crippen LogP) is 2.70. The van der Waals surface area contributed by atoms with Crippen molar-refractivity contribution >= 4 is 22.7 Å². The Morgan fingerprint density at radius 2 is 2.07 bits per heavy atom. The lowest BCUT2D eigenvalue weighted by Gasteiger charge is -2.36. The number of aromatic amines is 1. The van der Waals surface area contributed by atoms with Gasteiger partial charge >= 0.3 is 0 Å². The molecule has 7 nitrogen and oxygen atoms in total. The molecule has 1 fully saturated rings. The van der Waals surface area contributed by atoms with Crippen LogP contribution < -0.4 is 5.56 Å². The molecule has 2 amide bonds. The summed E-state index contributed by atoms with van der Waals surface area (Å²) >= 11 is 0. The summed E-state index contributed by atoms with van der Waals surface area (Å²) in [6.45, 7) is 7.35. The van der Waals surface area contributed by atoms with E-state index < -0.39 is 0 Å². The number of carbonyl (C=O) groups excluding carboxylic acids is 2. The van der Waals surface area contributed by atoms with Crippen molar-refractivity contribution in [1.82, 2.24) is 19.8 Å².